The van der Waals surface area contributed by atoms with Gasteiger partial charge in [0.05, 0.1) is 0 Å². The number of benzene rings is 1. The summed E-state index contributed by atoms with van der Waals surface area (Å²) in [6.45, 7) is 4.07. The molecule has 0 aliphatic heterocycles. The first kappa shape index (κ1) is 12.3. The quantitative estimate of drug-likeness (QED) is 0.738. The summed E-state index contributed by atoms with van der Waals surface area (Å²) in [4.78, 5) is 0. The minimum Gasteiger partial charge on any atom is -0.305 e. The van der Waals surface area contributed by atoms with Crippen LogP contribution in [0.5, 0.6) is 0 Å². The van der Waals surface area contributed by atoms with Gasteiger partial charge in [-0.1, -0.05) is 44.2 Å². The van der Waals surface area contributed by atoms with Crippen LogP contribution < -0.4 is 0 Å². The number of rotatable bonds is 3. The highest BCUT2D eigenvalue weighted by molar-refractivity contribution is 5.96. The summed E-state index contributed by atoms with van der Waals surface area (Å²) in [5, 5.41) is 7.72. The van der Waals surface area contributed by atoms with Gasteiger partial charge in [0.25, 0.3) is 0 Å². The van der Waals surface area contributed by atoms with Crippen molar-refractivity contribution in [1.82, 2.24) is 0 Å². The number of aryl methyl sites for hydroxylation is 1. The molecule has 0 aromatic heterocycles. The predicted octanol–water partition coefficient (Wildman–Crippen LogP) is 4.51. The maximum atomic E-state index is 7.72. The Kier molecular flexibility index (Phi) is 3.98. The zero-order valence-corrected chi connectivity index (χ0v) is 11.1. The smallest absolute Gasteiger partial charge is 0.0355 e. The Balaban J connectivity index is 2.13. The molecule has 0 atom stereocenters. The van der Waals surface area contributed by atoms with Crippen LogP contribution in [-0.2, 0) is 6.42 Å². The Morgan fingerprint density at radius 2 is 1.94 bits per heavy atom. The number of nitrogens with one attached hydrogen (secondary N) is 1. The van der Waals surface area contributed by atoms with Gasteiger partial charge in [0.1, 0.15) is 0 Å². The molecule has 0 heterocycles. The van der Waals surface area contributed by atoms with Crippen LogP contribution in [0.4, 0.5) is 0 Å². The van der Waals surface area contributed by atoms with E-state index in [2.05, 4.69) is 25.1 Å². The van der Waals surface area contributed by atoms with E-state index in [1.807, 2.05) is 6.92 Å². The SMILES string of the molecule is CC(=N)c1ccc(C)c(CC2CCCCC2)c1. The van der Waals surface area contributed by atoms with E-state index in [0.29, 0.717) is 5.71 Å². The molecule has 92 valence electrons. The monoisotopic (exact) mass is 229 g/mol. The molecule has 0 unspecified atom stereocenters. The molecule has 1 aromatic carbocycles. The van der Waals surface area contributed by atoms with E-state index in [9.17, 15) is 0 Å². The Morgan fingerprint density at radius 1 is 1.24 bits per heavy atom. The van der Waals surface area contributed by atoms with E-state index in [1.165, 1.54) is 49.7 Å². The van der Waals surface area contributed by atoms with Gasteiger partial charge in [-0.25, -0.2) is 0 Å². The highest BCUT2D eigenvalue weighted by Gasteiger charge is 2.15. The fourth-order valence-corrected chi connectivity index (χ4v) is 2.83. The summed E-state index contributed by atoms with van der Waals surface area (Å²) in [5.74, 6) is 0.878. The van der Waals surface area contributed by atoms with Crippen LogP contribution >= 0.6 is 0 Å². The molecule has 1 aliphatic carbocycles. The zero-order valence-electron chi connectivity index (χ0n) is 11.1. The van der Waals surface area contributed by atoms with Crippen molar-refractivity contribution < 1.29 is 0 Å². The van der Waals surface area contributed by atoms with Gasteiger partial charge < -0.3 is 5.41 Å². The van der Waals surface area contributed by atoms with Crippen LogP contribution in [0.15, 0.2) is 18.2 Å². The normalized spacial score (nSPS) is 17.1. The Hall–Kier alpha value is -1.11. The Bertz CT molecular complexity index is 400. The highest BCUT2D eigenvalue weighted by atomic mass is 14.4. The van der Waals surface area contributed by atoms with Gasteiger partial charge in [0.2, 0.25) is 0 Å². The average Bonchev–Trinajstić information content (AvgIpc) is 2.33. The topological polar surface area (TPSA) is 23.9 Å². The van der Waals surface area contributed by atoms with Gasteiger partial charge >= 0.3 is 0 Å². The van der Waals surface area contributed by atoms with Crippen molar-refractivity contribution in [2.75, 3.05) is 0 Å². The van der Waals surface area contributed by atoms with Crippen molar-refractivity contribution in [2.45, 2.75) is 52.4 Å². The molecular formula is C16H23N. The largest absolute Gasteiger partial charge is 0.305 e. The van der Waals surface area contributed by atoms with Crippen molar-refractivity contribution in [3.05, 3.63) is 34.9 Å². The molecule has 0 saturated heterocycles. The molecule has 2 rings (SSSR count). The molecule has 0 bridgehead atoms. The first-order chi connectivity index (χ1) is 8.16. The molecule has 1 N–H and O–H groups in total. The second-order valence-electron chi connectivity index (χ2n) is 5.47. The summed E-state index contributed by atoms with van der Waals surface area (Å²) >= 11 is 0. The van der Waals surface area contributed by atoms with Crippen LogP contribution in [0.1, 0.15) is 55.7 Å². The van der Waals surface area contributed by atoms with Crippen LogP contribution in [0.3, 0.4) is 0 Å². The van der Waals surface area contributed by atoms with Crippen molar-refractivity contribution in [1.29, 1.82) is 5.41 Å². The van der Waals surface area contributed by atoms with Gasteiger partial charge in [-0.3, -0.25) is 0 Å². The molecule has 1 saturated carbocycles. The molecule has 0 radical (unpaired) electrons. The first-order valence-electron chi connectivity index (χ1n) is 6.82. The van der Waals surface area contributed by atoms with Crippen LogP contribution in [0.2, 0.25) is 0 Å². The van der Waals surface area contributed by atoms with E-state index in [0.717, 1.165) is 11.5 Å². The lowest BCUT2D eigenvalue weighted by Gasteiger charge is -2.22. The minimum absolute atomic E-state index is 0.676. The van der Waals surface area contributed by atoms with Gasteiger partial charge in [-0.05, 0) is 48.9 Å². The van der Waals surface area contributed by atoms with Gasteiger partial charge in [-0.15, -0.1) is 0 Å². The van der Waals surface area contributed by atoms with Crippen LogP contribution in [0, 0.1) is 18.3 Å². The lowest BCUT2D eigenvalue weighted by atomic mass is 9.83. The molecular weight excluding hydrogens is 206 g/mol. The van der Waals surface area contributed by atoms with E-state index in [4.69, 9.17) is 5.41 Å². The minimum atomic E-state index is 0.676. The zero-order chi connectivity index (χ0) is 12.3. The van der Waals surface area contributed by atoms with Crippen molar-refractivity contribution in [3.63, 3.8) is 0 Å². The van der Waals surface area contributed by atoms with Crippen LogP contribution in [-0.4, -0.2) is 5.71 Å². The van der Waals surface area contributed by atoms with E-state index in [-0.39, 0.29) is 0 Å². The first-order valence-corrected chi connectivity index (χ1v) is 6.82. The third-order valence-electron chi connectivity index (χ3n) is 4.02. The summed E-state index contributed by atoms with van der Waals surface area (Å²) in [5.41, 5.74) is 4.61. The Morgan fingerprint density at radius 3 is 2.59 bits per heavy atom. The van der Waals surface area contributed by atoms with Crippen molar-refractivity contribution in [3.8, 4) is 0 Å². The van der Waals surface area contributed by atoms with Gasteiger partial charge in [0, 0.05) is 5.71 Å². The second kappa shape index (κ2) is 5.48. The number of hydrogen-bond donors (Lipinski definition) is 1. The molecule has 1 aliphatic rings. The molecule has 1 heteroatoms. The second-order valence-corrected chi connectivity index (χ2v) is 5.47. The van der Waals surface area contributed by atoms with Crippen LogP contribution in [0.25, 0.3) is 0 Å². The van der Waals surface area contributed by atoms with E-state index < -0.39 is 0 Å². The summed E-state index contributed by atoms with van der Waals surface area (Å²) in [7, 11) is 0. The summed E-state index contributed by atoms with van der Waals surface area (Å²) in [6.07, 6.45) is 8.25. The maximum Gasteiger partial charge on any atom is 0.0355 e. The number of hydrogen-bond acceptors (Lipinski definition) is 1. The fourth-order valence-electron chi connectivity index (χ4n) is 2.83. The molecule has 0 spiro atoms. The average molecular weight is 229 g/mol. The third-order valence-corrected chi connectivity index (χ3v) is 4.02. The van der Waals surface area contributed by atoms with Crippen molar-refractivity contribution in [2.24, 2.45) is 5.92 Å². The maximum absolute atomic E-state index is 7.72. The molecule has 1 aromatic rings. The summed E-state index contributed by atoms with van der Waals surface area (Å²) < 4.78 is 0. The standard InChI is InChI=1S/C16H23N/c1-12-8-9-15(13(2)17)11-16(12)10-14-6-4-3-5-7-14/h8-9,11,14,17H,3-7,10H2,1-2H3. The molecule has 0 amide bonds. The Labute approximate surface area is 105 Å². The van der Waals surface area contributed by atoms with Gasteiger partial charge in [0.15, 0.2) is 0 Å². The lowest BCUT2D eigenvalue weighted by molar-refractivity contribution is 0.356. The molecule has 17 heavy (non-hydrogen) atoms. The molecule has 1 nitrogen and oxygen atoms in total. The van der Waals surface area contributed by atoms with E-state index >= 15 is 0 Å². The lowest BCUT2D eigenvalue weighted by Crippen LogP contribution is -2.10. The summed E-state index contributed by atoms with van der Waals surface area (Å²) in [6, 6.07) is 6.47. The highest BCUT2D eigenvalue weighted by Crippen LogP contribution is 2.28. The predicted molar refractivity (Wildman–Crippen MR) is 74.0 cm³/mol. The molecule has 1 fully saturated rings. The third kappa shape index (κ3) is 3.18. The van der Waals surface area contributed by atoms with E-state index in [1.54, 1.807) is 0 Å². The van der Waals surface area contributed by atoms with Crippen molar-refractivity contribution >= 4 is 5.71 Å². The fraction of sp³-hybridized carbons (Fsp3) is 0.562. The van der Waals surface area contributed by atoms with Gasteiger partial charge in [-0.2, -0.15) is 0 Å².